The van der Waals surface area contributed by atoms with Crippen LogP contribution >= 0.6 is 0 Å². The second-order valence-electron chi connectivity index (χ2n) is 5.93. The van der Waals surface area contributed by atoms with E-state index in [1.165, 1.54) is 0 Å². The molecule has 8 nitrogen and oxygen atoms in total. The van der Waals surface area contributed by atoms with Gasteiger partial charge in [-0.25, -0.2) is 14.8 Å². The fourth-order valence-corrected chi connectivity index (χ4v) is 2.62. The molecule has 0 bridgehead atoms. The summed E-state index contributed by atoms with van der Waals surface area (Å²) in [4.78, 5) is 36.1. The first kappa shape index (κ1) is 19.1. The molecule has 2 rings (SSSR count). The number of nitrogens with one attached hydrogen (secondary N) is 1. The average molecular weight is 349 g/mol. The summed E-state index contributed by atoms with van der Waals surface area (Å²) in [7, 11) is 0. The van der Waals surface area contributed by atoms with Gasteiger partial charge in [-0.1, -0.05) is 13.3 Å². The number of aromatic nitrogens is 2. The quantitative estimate of drug-likeness (QED) is 0.546. The summed E-state index contributed by atoms with van der Waals surface area (Å²) in [5, 5.41) is 2.94. The number of piperazine rings is 1. The van der Waals surface area contributed by atoms with Gasteiger partial charge in [-0.05, 0) is 19.4 Å². The van der Waals surface area contributed by atoms with Gasteiger partial charge >= 0.3 is 5.97 Å². The number of carbonyl (C=O) groups excluding carboxylic acids is 2. The molecule has 138 valence electrons. The van der Waals surface area contributed by atoms with Gasteiger partial charge in [0.05, 0.1) is 13.2 Å². The van der Waals surface area contributed by atoms with Crippen LogP contribution in [0.4, 0.5) is 5.82 Å². The SMILES string of the molecule is CCCCNC(=O)CN1CCN(c2ccnc(C(=O)OCC)n2)CC1. The number of unbranched alkanes of at least 4 members (excludes halogenated alkanes) is 1. The van der Waals surface area contributed by atoms with E-state index < -0.39 is 5.97 Å². The van der Waals surface area contributed by atoms with Crippen molar-refractivity contribution in [2.24, 2.45) is 0 Å². The highest BCUT2D eigenvalue weighted by Gasteiger charge is 2.21. The van der Waals surface area contributed by atoms with Gasteiger partial charge in [0, 0.05) is 38.9 Å². The van der Waals surface area contributed by atoms with E-state index in [-0.39, 0.29) is 11.7 Å². The van der Waals surface area contributed by atoms with E-state index in [0.29, 0.717) is 19.0 Å². The Morgan fingerprint density at radius 1 is 1.24 bits per heavy atom. The predicted molar refractivity (Wildman–Crippen MR) is 94.6 cm³/mol. The average Bonchev–Trinajstić information content (AvgIpc) is 2.63. The number of esters is 1. The van der Waals surface area contributed by atoms with Crippen LogP contribution in [0.1, 0.15) is 37.3 Å². The highest BCUT2D eigenvalue weighted by Crippen LogP contribution is 2.13. The summed E-state index contributed by atoms with van der Waals surface area (Å²) in [5.41, 5.74) is 0. The minimum Gasteiger partial charge on any atom is -0.460 e. The Balaban J connectivity index is 1.82. The molecule has 1 saturated heterocycles. The zero-order chi connectivity index (χ0) is 18.1. The minimum atomic E-state index is -0.508. The molecule has 1 N–H and O–H groups in total. The maximum Gasteiger partial charge on any atom is 0.376 e. The maximum absolute atomic E-state index is 11.9. The molecule has 0 unspecified atom stereocenters. The summed E-state index contributed by atoms with van der Waals surface area (Å²) in [6.07, 6.45) is 3.66. The lowest BCUT2D eigenvalue weighted by Crippen LogP contribution is -2.49. The summed E-state index contributed by atoms with van der Waals surface area (Å²) in [6, 6.07) is 1.79. The van der Waals surface area contributed by atoms with Crippen molar-refractivity contribution >= 4 is 17.7 Å². The Morgan fingerprint density at radius 3 is 2.68 bits per heavy atom. The Hall–Kier alpha value is -2.22. The molecule has 0 saturated carbocycles. The minimum absolute atomic E-state index is 0.0773. The third kappa shape index (κ3) is 5.97. The number of carbonyl (C=O) groups is 2. The topological polar surface area (TPSA) is 87.7 Å². The van der Waals surface area contributed by atoms with Crippen LogP contribution in [-0.2, 0) is 9.53 Å². The molecule has 1 aromatic rings. The Kier molecular flexibility index (Phi) is 7.59. The van der Waals surface area contributed by atoms with Crippen molar-refractivity contribution in [2.45, 2.75) is 26.7 Å². The van der Waals surface area contributed by atoms with Gasteiger partial charge in [0.15, 0.2) is 0 Å². The van der Waals surface area contributed by atoms with Crippen LogP contribution in [-0.4, -0.2) is 72.6 Å². The fraction of sp³-hybridized carbons (Fsp3) is 0.647. The Bertz CT molecular complexity index is 573. The molecule has 0 atom stereocenters. The first-order chi connectivity index (χ1) is 12.1. The van der Waals surface area contributed by atoms with Crippen molar-refractivity contribution in [1.82, 2.24) is 20.2 Å². The van der Waals surface area contributed by atoms with Gasteiger partial charge in [0.2, 0.25) is 11.7 Å². The molecule has 1 amide bonds. The molecule has 1 aliphatic rings. The number of hydrogen-bond donors (Lipinski definition) is 1. The highest BCUT2D eigenvalue weighted by molar-refractivity contribution is 5.85. The molecule has 1 aliphatic heterocycles. The number of nitrogens with zero attached hydrogens (tertiary/aromatic N) is 4. The van der Waals surface area contributed by atoms with Crippen LogP contribution < -0.4 is 10.2 Å². The van der Waals surface area contributed by atoms with Crippen LogP contribution in [0.25, 0.3) is 0 Å². The number of hydrogen-bond acceptors (Lipinski definition) is 7. The molecule has 1 fully saturated rings. The van der Waals surface area contributed by atoms with Crippen molar-refractivity contribution < 1.29 is 14.3 Å². The summed E-state index contributed by atoms with van der Waals surface area (Å²) in [5.74, 6) is 0.363. The zero-order valence-corrected chi connectivity index (χ0v) is 15.0. The van der Waals surface area contributed by atoms with Crippen molar-refractivity contribution in [3.8, 4) is 0 Å². The van der Waals surface area contributed by atoms with Crippen molar-refractivity contribution in [1.29, 1.82) is 0 Å². The summed E-state index contributed by atoms with van der Waals surface area (Å²) >= 11 is 0. The first-order valence-electron chi connectivity index (χ1n) is 8.88. The predicted octanol–water partition coefficient (Wildman–Crippen LogP) is 0.692. The molecular formula is C17H27N5O3. The van der Waals surface area contributed by atoms with E-state index in [1.54, 1.807) is 19.2 Å². The second kappa shape index (κ2) is 9.93. The standard InChI is InChI=1S/C17H27N5O3/c1-3-5-7-18-15(23)13-21-9-11-22(12-10-21)14-6-8-19-16(20-14)17(24)25-4-2/h6,8H,3-5,7,9-13H2,1-2H3,(H,18,23). The Morgan fingerprint density at radius 2 is 2.00 bits per heavy atom. The van der Waals surface area contributed by atoms with Gasteiger partial charge in [-0.2, -0.15) is 0 Å². The van der Waals surface area contributed by atoms with E-state index in [2.05, 4.69) is 32.0 Å². The van der Waals surface area contributed by atoms with Crippen molar-refractivity contribution in [3.05, 3.63) is 18.1 Å². The third-order valence-corrected chi connectivity index (χ3v) is 4.01. The molecule has 1 aromatic heterocycles. The Labute approximate surface area is 148 Å². The third-order valence-electron chi connectivity index (χ3n) is 4.01. The number of ether oxygens (including phenoxy) is 1. The lowest BCUT2D eigenvalue weighted by molar-refractivity contribution is -0.122. The molecule has 0 radical (unpaired) electrons. The van der Waals surface area contributed by atoms with E-state index >= 15 is 0 Å². The van der Waals surface area contributed by atoms with E-state index in [9.17, 15) is 9.59 Å². The van der Waals surface area contributed by atoms with Gasteiger partial charge < -0.3 is 15.0 Å². The van der Waals surface area contributed by atoms with Gasteiger partial charge in [0.1, 0.15) is 5.82 Å². The van der Waals surface area contributed by atoms with Crippen molar-refractivity contribution in [3.63, 3.8) is 0 Å². The molecule has 0 aliphatic carbocycles. The monoisotopic (exact) mass is 349 g/mol. The van der Waals surface area contributed by atoms with E-state index in [4.69, 9.17) is 4.74 Å². The fourth-order valence-electron chi connectivity index (χ4n) is 2.62. The van der Waals surface area contributed by atoms with Gasteiger partial charge in [0.25, 0.3) is 0 Å². The molecule has 0 spiro atoms. The normalized spacial score (nSPS) is 15.0. The zero-order valence-electron chi connectivity index (χ0n) is 15.0. The van der Waals surface area contributed by atoms with Gasteiger partial charge in [-0.15, -0.1) is 0 Å². The van der Waals surface area contributed by atoms with Crippen LogP contribution in [0, 0.1) is 0 Å². The van der Waals surface area contributed by atoms with Crippen LogP contribution in [0.3, 0.4) is 0 Å². The van der Waals surface area contributed by atoms with Crippen LogP contribution in [0.15, 0.2) is 12.3 Å². The molecule has 25 heavy (non-hydrogen) atoms. The van der Waals surface area contributed by atoms with Crippen LogP contribution in [0.2, 0.25) is 0 Å². The van der Waals surface area contributed by atoms with Crippen molar-refractivity contribution in [2.75, 3.05) is 50.8 Å². The maximum atomic E-state index is 11.9. The smallest absolute Gasteiger partial charge is 0.376 e. The largest absolute Gasteiger partial charge is 0.460 e. The first-order valence-corrected chi connectivity index (χ1v) is 8.88. The molecule has 2 heterocycles. The van der Waals surface area contributed by atoms with E-state index in [1.807, 2.05) is 0 Å². The number of rotatable bonds is 8. The summed E-state index contributed by atoms with van der Waals surface area (Å²) < 4.78 is 4.94. The molecular weight excluding hydrogens is 322 g/mol. The second-order valence-corrected chi connectivity index (χ2v) is 5.93. The number of anilines is 1. The summed E-state index contributed by atoms with van der Waals surface area (Å²) in [6.45, 7) is 8.38. The number of amides is 1. The molecule has 8 heteroatoms. The molecule has 0 aromatic carbocycles. The van der Waals surface area contributed by atoms with Crippen LogP contribution in [0.5, 0.6) is 0 Å². The highest BCUT2D eigenvalue weighted by atomic mass is 16.5. The lowest BCUT2D eigenvalue weighted by Gasteiger charge is -2.35. The lowest BCUT2D eigenvalue weighted by atomic mass is 10.3. The van der Waals surface area contributed by atoms with E-state index in [0.717, 1.165) is 45.6 Å². The van der Waals surface area contributed by atoms with Gasteiger partial charge in [-0.3, -0.25) is 9.69 Å².